The van der Waals surface area contributed by atoms with Gasteiger partial charge >= 0.3 is 0 Å². The van der Waals surface area contributed by atoms with E-state index in [-0.39, 0.29) is 5.82 Å². The van der Waals surface area contributed by atoms with Gasteiger partial charge in [-0.05, 0) is 29.8 Å². The quantitative estimate of drug-likeness (QED) is 0.939. The Labute approximate surface area is 101 Å². The van der Waals surface area contributed by atoms with E-state index in [4.69, 9.17) is 5.73 Å². The zero-order valence-electron chi connectivity index (χ0n) is 8.53. The first kappa shape index (κ1) is 11.3. The van der Waals surface area contributed by atoms with Crippen molar-refractivity contribution in [3.8, 4) is 0 Å². The summed E-state index contributed by atoms with van der Waals surface area (Å²) >= 11 is 3.26. The molecule has 0 bridgehead atoms. The lowest BCUT2D eigenvalue weighted by Gasteiger charge is -2.06. The van der Waals surface area contributed by atoms with Crippen molar-refractivity contribution in [2.75, 3.05) is 0 Å². The minimum atomic E-state index is -0.258. The fraction of sp³-hybridized carbons (Fsp3) is 0.182. The molecule has 0 aliphatic carbocycles. The molecule has 0 saturated heterocycles. The lowest BCUT2D eigenvalue weighted by atomic mass is 10.2. The van der Waals surface area contributed by atoms with Crippen LogP contribution in [-0.2, 0) is 13.1 Å². The molecular formula is C11H11BrFN3. The van der Waals surface area contributed by atoms with Crippen LogP contribution in [-0.4, -0.2) is 9.78 Å². The van der Waals surface area contributed by atoms with E-state index in [1.165, 1.54) is 12.1 Å². The molecule has 1 aromatic heterocycles. The number of aromatic nitrogens is 2. The molecule has 0 amide bonds. The van der Waals surface area contributed by atoms with Crippen LogP contribution in [0.2, 0.25) is 0 Å². The van der Waals surface area contributed by atoms with Gasteiger partial charge in [0.25, 0.3) is 0 Å². The molecule has 0 fully saturated rings. The molecule has 0 atom stereocenters. The van der Waals surface area contributed by atoms with Crippen LogP contribution in [0.5, 0.6) is 0 Å². The van der Waals surface area contributed by atoms with Crippen LogP contribution < -0.4 is 5.73 Å². The van der Waals surface area contributed by atoms with Crippen molar-refractivity contribution in [1.29, 1.82) is 0 Å². The van der Waals surface area contributed by atoms with E-state index in [1.807, 2.05) is 12.1 Å². The summed E-state index contributed by atoms with van der Waals surface area (Å²) in [5.74, 6) is -0.258. The predicted molar refractivity (Wildman–Crippen MR) is 63.3 cm³/mol. The van der Waals surface area contributed by atoms with E-state index in [0.29, 0.717) is 13.1 Å². The Hall–Kier alpha value is -1.20. The summed E-state index contributed by atoms with van der Waals surface area (Å²) in [5.41, 5.74) is 7.35. The molecule has 1 heterocycles. The van der Waals surface area contributed by atoms with Crippen LogP contribution >= 0.6 is 15.9 Å². The van der Waals surface area contributed by atoms with E-state index in [0.717, 1.165) is 15.7 Å². The summed E-state index contributed by atoms with van der Waals surface area (Å²) in [6, 6.07) is 6.64. The molecule has 0 aliphatic heterocycles. The van der Waals surface area contributed by atoms with Crippen LogP contribution in [0.3, 0.4) is 0 Å². The highest BCUT2D eigenvalue weighted by Crippen LogP contribution is 2.16. The van der Waals surface area contributed by atoms with E-state index < -0.39 is 0 Å². The van der Waals surface area contributed by atoms with Gasteiger partial charge in [-0.1, -0.05) is 15.9 Å². The predicted octanol–water partition coefficient (Wildman–Crippen LogP) is 2.29. The Morgan fingerprint density at radius 1 is 1.38 bits per heavy atom. The lowest BCUT2D eigenvalue weighted by Crippen LogP contribution is -2.09. The number of benzene rings is 1. The van der Waals surface area contributed by atoms with Crippen molar-refractivity contribution < 1.29 is 4.39 Å². The van der Waals surface area contributed by atoms with Crippen LogP contribution in [0.4, 0.5) is 4.39 Å². The van der Waals surface area contributed by atoms with Crippen molar-refractivity contribution >= 4 is 15.9 Å². The summed E-state index contributed by atoms with van der Waals surface area (Å²) < 4.78 is 15.6. The van der Waals surface area contributed by atoms with E-state index >= 15 is 0 Å². The molecule has 0 aliphatic rings. The molecule has 5 heteroatoms. The first-order valence-corrected chi connectivity index (χ1v) is 5.64. The molecule has 2 N–H and O–H groups in total. The van der Waals surface area contributed by atoms with Crippen LogP contribution in [0.1, 0.15) is 11.3 Å². The number of hydrogen-bond donors (Lipinski definition) is 1. The fourth-order valence-corrected chi connectivity index (χ4v) is 2.06. The van der Waals surface area contributed by atoms with E-state index in [1.54, 1.807) is 10.9 Å². The average Bonchev–Trinajstić information content (AvgIpc) is 2.63. The van der Waals surface area contributed by atoms with Gasteiger partial charge in [-0.15, -0.1) is 0 Å². The second-order valence-corrected chi connectivity index (χ2v) is 4.38. The average molecular weight is 284 g/mol. The summed E-state index contributed by atoms with van der Waals surface area (Å²) in [5, 5.41) is 4.14. The third-order valence-electron chi connectivity index (χ3n) is 2.27. The van der Waals surface area contributed by atoms with Gasteiger partial charge in [-0.2, -0.15) is 5.10 Å². The highest BCUT2D eigenvalue weighted by Gasteiger charge is 2.03. The largest absolute Gasteiger partial charge is 0.325 e. The highest BCUT2D eigenvalue weighted by atomic mass is 79.9. The Morgan fingerprint density at radius 3 is 2.88 bits per heavy atom. The van der Waals surface area contributed by atoms with Crippen molar-refractivity contribution in [1.82, 2.24) is 9.78 Å². The number of hydrogen-bond acceptors (Lipinski definition) is 2. The third kappa shape index (κ3) is 2.48. The van der Waals surface area contributed by atoms with Gasteiger partial charge in [0.1, 0.15) is 5.82 Å². The van der Waals surface area contributed by atoms with Crippen molar-refractivity contribution in [2.24, 2.45) is 5.73 Å². The topological polar surface area (TPSA) is 43.8 Å². The Balaban J connectivity index is 2.26. The fourth-order valence-electron chi connectivity index (χ4n) is 1.55. The van der Waals surface area contributed by atoms with Gasteiger partial charge in [0.05, 0.1) is 12.2 Å². The number of halogens is 2. The maximum absolute atomic E-state index is 13.2. The molecular weight excluding hydrogens is 273 g/mol. The van der Waals surface area contributed by atoms with Crippen molar-refractivity contribution in [3.05, 3.63) is 52.0 Å². The summed E-state index contributed by atoms with van der Waals surface area (Å²) in [6.07, 6.45) is 1.69. The normalized spacial score (nSPS) is 10.7. The molecule has 3 nitrogen and oxygen atoms in total. The second kappa shape index (κ2) is 4.76. The van der Waals surface area contributed by atoms with Gasteiger partial charge in [-0.3, -0.25) is 4.68 Å². The first-order chi connectivity index (χ1) is 7.69. The zero-order valence-corrected chi connectivity index (χ0v) is 10.1. The molecule has 0 radical (unpaired) electrons. The SMILES string of the molecule is NCc1ccnn1Cc1cc(F)cc(Br)c1. The molecule has 0 saturated carbocycles. The minimum Gasteiger partial charge on any atom is -0.325 e. The molecule has 84 valence electrons. The molecule has 1 aromatic carbocycles. The molecule has 0 unspecified atom stereocenters. The van der Waals surface area contributed by atoms with Gasteiger partial charge in [0.15, 0.2) is 0 Å². The lowest BCUT2D eigenvalue weighted by molar-refractivity contribution is 0.612. The number of nitrogens with two attached hydrogens (primary N) is 1. The molecule has 0 spiro atoms. The van der Waals surface area contributed by atoms with Crippen LogP contribution in [0.15, 0.2) is 34.9 Å². The van der Waals surface area contributed by atoms with Crippen LogP contribution in [0, 0.1) is 5.82 Å². The summed E-state index contributed by atoms with van der Waals surface area (Å²) in [4.78, 5) is 0. The molecule has 2 rings (SSSR count). The van der Waals surface area contributed by atoms with Crippen LogP contribution in [0.25, 0.3) is 0 Å². The van der Waals surface area contributed by atoms with E-state index in [9.17, 15) is 4.39 Å². The zero-order chi connectivity index (χ0) is 11.5. The molecule has 2 aromatic rings. The minimum absolute atomic E-state index is 0.258. The monoisotopic (exact) mass is 283 g/mol. The smallest absolute Gasteiger partial charge is 0.124 e. The van der Waals surface area contributed by atoms with Gasteiger partial charge < -0.3 is 5.73 Å². The third-order valence-corrected chi connectivity index (χ3v) is 2.73. The number of nitrogens with zero attached hydrogens (tertiary/aromatic N) is 2. The Morgan fingerprint density at radius 2 is 2.19 bits per heavy atom. The van der Waals surface area contributed by atoms with Crippen molar-refractivity contribution in [2.45, 2.75) is 13.1 Å². The highest BCUT2D eigenvalue weighted by molar-refractivity contribution is 9.10. The summed E-state index contributed by atoms with van der Waals surface area (Å²) in [6.45, 7) is 0.951. The van der Waals surface area contributed by atoms with E-state index in [2.05, 4.69) is 21.0 Å². The maximum Gasteiger partial charge on any atom is 0.124 e. The maximum atomic E-state index is 13.2. The Bertz CT molecular complexity index is 475. The first-order valence-electron chi connectivity index (χ1n) is 4.85. The van der Waals surface area contributed by atoms with Gasteiger partial charge in [0.2, 0.25) is 0 Å². The summed E-state index contributed by atoms with van der Waals surface area (Å²) in [7, 11) is 0. The van der Waals surface area contributed by atoms with Gasteiger partial charge in [0, 0.05) is 17.2 Å². The number of rotatable bonds is 3. The Kier molecular flexibility index (Phi) is 3.36. The standard InChI is InChI=1S/C11H11BrFN3/c12-9-3-8(4-10(13)5-9)7-16-11(6-14)1-2-15-16/h1-5H,6-7,14H2. The second-order valence-electron chi connectivity index (χ2n) is 3.46. The van der Waals surface area contributed by atoms with Gasteiger partial charge in [-0.25, -0.2) is 4.39 Å². The molecule has 16 heavy (non-hydrogen) atoms. The van der Waals surface area contributed by atoms with Crippen molar-refractivity contribution in [3.63, 3.8) is 0 Å².